The molecule has 2 rings (SSSR count). The molecule has 1 heterocycles. The summed E-state index contributed by atoms with van der Waals surface area (Å²) < 4.78 is 0. The van der Waals surface area contributed by atoms with Crippen molar-refractivity contribution in [1.29, 1.82) is 0 Å². The smallest absolute Gasteiger partial charge is 0.254 e. The number of nitrogens with one attached hydrogen (secondary N) is 1. The number of hydrogen-bond donors (Lipinski definition) is 1. The monoisotopic (exact) mass is 287 g/mol. The van der Waals surface area contributed by atoms with Gasteiger partial charge in [-0.1, -0.05) is 48.9 Å². The molecule has 0 aromatic carbocycles. The normalized spacial score (nSPS) is 17.2. The van der Waals surface area contributed by atoms with E-state index in [4.69, 9.17) is 23.2 Å². The Morgan fingerprint density at radius 1 is 1.17 bits per heavy atom. The van der Waals surface area contributed by atoms with Gasteiger partial charge in [0.2, 0.25) is 0 Å². The van der Waals surface area contributed by atoms with Gasteiger partial charge in [0.25, 0.3) is 5.91 Å². The van der Waals surface area contributed by atoms with E-state index in [0.717, 1.165) is 25.7 Å². The Morgan fingerprint density at radius 3 is 2.50 bits per heavy atom. The molecule has 1 aromatic heterocycles. The van der Waals surface area contributed by atoms with Crippen LogP contribution in [0.25, 0.3) is 0 Å². The second kappa shape index (κ2) is 6.34. The van der Waals surface area contributed by atoms with E-state index in [9.17, 15) is 4.79 Å². The minimum Gasteiger partial charge on any atom is -0.349 e. The molecule has 4 nitrogen and oxygen atoms in total. The molecule has 0 aliphatic heterocycles. The molecule has 0 bridgehead atoms. The molecule has 6 heteroatoms. The van der Waals surface area contributed by atoms with Crippen LogP contribution in [0.5, 0.6) is 0 Å². The average molecular weight is 288 g/mol. The van der Waals surface area contributed by atoms with Gasteiger partial charge in [0, 0.05) is 6.04 Å². The van der Waals surface area contributed by atoms with E-state index in [2.05, 4.69) is 15.5 Å². The van der Waals surface area contributed by atoms with Crippen molar-refractivity contribution in [2.24, 2.45) is 0 Å². The summed E-state index contributed by atoms with van der Waals surface area (Å²) in [6.45, 7) is 0. The second-order valence-corrected chi connectivity index (χ2v) is 5.28. The molecular formula is C12H15Cl2N3O. The Labute approximate surface area is 116 Å². The van der Waals surface area contributed by atoms with E-state index >= 15 is 0 Å². The van der Waals surface area contributed by atoms with Crippen molar-refractivity contribution in [1.82, 2.24) is 15.5 Å². The number of rotatable bonds is 2. The van der Waals surface area contributed by atoms with Crippen LogP contribution in [0.2, 0.25) is 10.3 Å². The summed E-state index contributed by atoms with van der Waals surface area (Å²) in [4.78, 5) is 12.1. The van der Waals surface area contributed by atoms with Crippen LogP contribution in [0.1, 0.15) is 48.9 Å². The maximum Gasteiger partial charge on any atom is 0.254 e. The maximum atomic E-state index is 12.1. The van der Waals surface area contributed by atoms with Crippen molar-refractivity contribution < 1.29 is 4.79 Å². The SMILES string of the molecule is O=C(NC1CCCCCC1)c1cc(Cl)nnc1Cl. The zero-order valence-electron chi connectivity index (χ0n) is 9.96. The van der Waals surface area contributed by atoms with E-state index in [1.54, 1.807) is 0 Å². The molecular weight excluding hydrogens is 273 g/mol. The van der Waals surface area contributed by atoms with Crippen LogP contribution in [0.15, 0.2) is 6.07 Å². The van der Waals surface area contributed by atoms with Crippen LogP contribution < -0.4 is 5.32 Å². The summed E-state index contributed by atoms with van der Waals surface area (Å²) in [5, 5.41) is 10.5. The Hall–Kier alpha value is -0.870. The van der Waals surface area contributed by atoms with Crippen molar-refractivity contribution in [2.45, 2.75) is 44.6 Å². The van der Waals surface area contributed by atoms with Crippen molar-refractivity contribution >= 4 is 29.1 Å². The van der Waals surface area contributed by atoms with E-state index in [1.807, 2.05) is 0 Å². The lowest BCUT2D eigenvalue weighted by molar-refractivity contribution is 0.0933. The fourth-order valence-corrected chi connectivity index (χ4v) is 2.52. The highest BCUT2D eigenvalue weighted by Gasteiger charge is 2.18. The Morgan fingerprint density at radius 2 is 1.83 bits per heavy atom. The summed E-state index contributed by atoms with van der Waals surface area (Å²) in [6, 6.07) is 1.67. The summed E-state index contributed by atoms with van der Waals surface area (Å²) in [5.41, 5.74) is 0.293. The van der Waals surface area contributed by atoms with Crippen LogP contribution in [0.3, 0.4) is 0 Å². The largest absolute Gasteiger partial charge is 0.349 e. The minimum atomic E-state index is -0.219. The fraction of sp³-hybridized carbons (Fsp3) is 0.583. The molecule has 0 saturated heterocycles. The first-order valence-electron chi connectivity index (χ1n) is 6.16. The minimum absolute atomic E-state index is 0.0884. The van der Waals surface area contributed by atoms with Gasteiger partial charge in [0.05, 0.1) is 5.56 Å². The Kier molecular flexibility index (Phi) is 4.78. The number of amides is 1. The van der Waals surface area contributed by atoms with E-state index in [-0.39, 0.29) is 22.3 Å². The predicted molar refractivity (Wildman–Crippen MR) is 71.0 cm³/mol. The summed E-state index contributed by atoms with van der Waals surface area (Å²) in [5.74, 6) is -0.219. The van der Waals surface area contributed by atoms with Gasteiger partial charge in [-0.3, -0.25) is 4.79 Å². The third kappa shape index (κ3) is 3.56. The molecule has 98 valence electrons. The first kappa shape index (κ1) is 13.6. The quantitative estimate of drug-likeness (QED) is 0.850. The fourth-order valence-electron chi connectivity index (χ4n) is 2.20. The zero-order chi connectivity index (χ0) is 13.0. The van der Waals surface area contributed by atoms with Crippen LogP contribution in [0, 0.1) is 0 Å². The number of carbonyl (C=O) groups is 1. The van der Waals surface area contributed by atoms with Gasteiger partial charge < -0.3 is 5.32 Å². The molecule has 1 aromatic rings. The second-order valence-electron chi connectivity index (χ2n) is 4.53. The van der Waals surface area contributed by atoms with Crippen LogP contribution in [-0.4, -0.2) is 22.1 Å². The molecule has 1 aliphatic rings. The Bertz CT molecular complexity index is 431. The summed E-state index contributed by atoms with van der Waals surface area (Å²) in [7, 11) is 0. The van der Waals surface area contributed by atoms with Gasteiger partial charge in [0.1, 0.15) is 0 Å². The number of carbonyl (C=O) groups excluding carboxylic acids is 1. The first-order valence-corrected chi connectivity index (χ1v) is 6.92. The molecule has 0 radical (unpaired) electrons. The van der Waals surface area contributed by atoms with Crippen LogP contribution in [0.4, 0.5) is 0 Å². The first-order chi connectivity index (χ1) is 8.66. The standard InChI is InChI=1S/C12H15Cl2N3O/c13-10-7-9(11(14)17-16-10)12(18)15-8-5-3-1-2-4-6-8/h7-8H,1-6H2,(H,15,18). The third-order valence-electron chi connectivity index (χ3n) is 3.15. The molecule has 1 amide bonds. The molecule has 1 N–H and O–H groups in total. The van der Waals surface area contributed by atoms with Gasteiger partial charge in [-0.2, -0.15) is 0 Å². The van der Waals surface area contributed by atoms with E-state index < -0.39 is 0 Å². The number of hydrogen-bond acceptors (Lipinski definition) is 3. The molecule has 1 saturated carbocycles. The zero-order valence-corrected chi connectivity index (χ0v) is 11.5. The van der Waals surface area contributed by atoms with Crippen LogP contribution in [-0.2, 0) is 0 Å². The molecule has 1 fully saturated rings. The Balaban J connectivity index is 2.04. The molecule has 1 aliphatic carbocycles. The number of halogens is 2. The molecule has 0 unspecified atom stereocenters. The lowest BCUT2D eigenvalue weighted by Gasteiger charge is -2.16. The van der Waals surface area contributed by atoms with Crippen molar-refractivity contribution in [2.75, 3.05) is 0 Å². The van der Waals surface area contributed by atoms with Gasteiger partial charge in [-0.15, -0.1) is 10.2 Å². The molecule has 0 atom stereocenters. The van der Waals surface area contributed by atoms with E-state index in [0.29, 0.717) is 5.56 Å². The lowest BCUT2D eigenvalue weighted by atomic mass is 10.1. The van der Waals surface area contributed by atoms with E-state index in [1.165, 1.54) is 18.9 Å². The number of aromatic nitrogens is 2. The highest BCUT2D eigenvalue weighted by molar-refractivity contribution is 6.34. The lowest BCUT2D eigenvalue weighted by Crippen LogP contribution is -2.34. The van der Waals surface area contributed by atoms with Gasteiger partial charge >= 0.3 is 0 Å². The third-order valence-corrected chi connectivity index (χ3v) is 3.62. The van der Waals surface area contributed by atoms with Gasteiger partial charge in [-0.05, 0) is 18.9 Å². The highest BCUT2D eigenvalue weighted by Crippen LogP contribution is 2.19. The molecule has 18 heavy (non-hydrogen) atoms. The van der Waals surface area contributed by atoms with Gasteiger partial charge in [-0.25, -0.2) is 0 Å². The van der Waals surface area contributed by atoms with Gasteiger partial charge in [0.15, 0.2) is 10.3 Å². The van der Waals surface area contributed by atoms with Crippen molar-refractivity contribution in [3.63, 3.8) is 0 Å². The summed E-state index contributed by atoms with van der Waals surface area (Å²) >= 11 is 11.6. The topological polar surface area (TPSA) is 54.9 Å². The summed E-state index contributed by atoms with van der Waals surface area (Å²) in [6.07, 6.45) is 6.86. The molecule has 0 spiro atoms. The predicted octanol–water partition coefficient (Wildman–Crippen LogP) is 3.24. The average Bonchev–Trinajstić information content (AvgIpc) is 2.61. The maximum absolute atomic E-state index is 12.1. The van der Waals surface area contributed by atoms with Crippen molar-refractivity contribution in [3.05, 3.63) is 21.9 Å². The number of nitrogens with zero attached hydrogens (tertiary/aromatic N) is 2. The van der Waals surface area contributed by atoms with Crippen LogP contribution >= 0.6 is 23.2 Å². The highest BCUT2D eigenvalue weighted by atomic mass is 35.5. The van der Waals surface area contributed by atoms with Crippen molar-refractivity contribution in [3.8, 4) is 0 Å².